The molecule has 0 aliphatic heterocycles. The van der Waals surface area contributed by atoms with Gasteiger partial charge in [-0.15, -0.1) is 0 Å². The Morgan fingerprint density at radius 2 is 2.31 bits per heavy atom. The van der Waals surface area contributed by atoms with E-state index in [-0.39, 0.29) is 5.82 Å². The van der Waals surface area contributed by atoms with E-state index in [1.165, 1.54) is 10.7 Å². The van der Waals surface area contributed by atoms with Crippen LogP contribution >= 0.6 is 11.6 Å². The van der Waals surface area contributed by atoms with Crippen LogP contribution in [0.3, 0.4) is 0 Å². The van der Waals surface area contributed by atoms with Crippen molar-refractivity contribution in [2.24, 2.45) is 0 Å². The Hall–Kier alpha value is -1.42. The van der Waals surface area contributed by atoms with E-state index in [1.54, 1.807) is 18.5 Å². The average molecular weight is 240 g/mol. The van der Waals surface area contributed by atoms with Crippen molar-refractivity contribution in [3.8, 4) is 5.82 Å². The Labute approximate surface area is 97.9 Å². The zero-order valence-electron chi connectivity index (χ0n) is 8.82. The summed E-state index contributed by atoms with van der Waals surface area (Å²) in [4.78, 5) is 4.02. The first-order chi connectivity index (χ1) is 7.72. The molecule has 2 rings (SSSR count). The van der Waals surface area contributed by atoms with Gasteiger partial charge < -0.3 is 0 Å². The summed E-state index contributed by atoms with van der Waals surface area (Å²) >= 11 is 5.98. The van der Waals surface area contributed by atoms with Crippen LogP contribution in [-0.4, -0.2) is 14.8 Å². The first-order valence-corrected chi connectivity index (χ1v) is 5.45. The molecule has 0 aliphatic carbocycles. The Morgan fingerprint density at radius 3 is 2.94 bits per heavy atom. The van der Waals surface area contributed by atoms with E-state index in [4.69, 9.17) is 11.6 Å². The molecule has 0 aliphatic rings. The molecule has 3 nitrogen and oxygen atoms in total. The van der Waals surface area contributed by atoms with Crippen LogP contribution in [0.2, 0.25) is 5.15 Å². The summed E-state index contributed by atoms with van der Waals surface area (Å²) in [5.74, 6) is -0.272. The van der Waals surface area contributed by atoms with E-state index in [0.717, 1.165) is 18.4 Å². The summed E-state index contributed by atoms with van der Waals surface area (Å²) in [5.41, 5.74) is 0.734. The van der Waals surface area contributed by atoms with E-state index in [1.807, 2.05) is 6.92 Å². The Kier molecular flexibility index (Phi) is 3.19. The molecule has 0 bridgehead atoms. The van der Waals surface area contributed by atoms with Gasteiger partial charge in [-0.05, 0) is 24.1 Å². The van der Waals surface area contributed by atoms with Gasteiger partial charge >= 0.3 is 0 Å². The number of halogens is 2. The van der Waals surface area contributed by atoms with E-state index < -0.39 is 5.82 Å². The normalized spacial score (nSPS) is 10.7. The molecule has 84 valence electrons. The molecule has 0 amide bonds. The molecule has 5 heteroatoms. The van der Waals surface area contributed by atoms with Gasteiger partial charge in [0.1, 0.15) is 5.15 Å². The van der Waals surface area contributed by atoms with Crippen LogP contribution in [0, 0.1) is 5.82 Å². The minimum Gasteiger partial charge on any atom is -0.220 e. The molecule has 0 unspecified atom stereocenters. The number of pyridine rings is 1. The molecule has 2 aromatic rings. The van der Waals surface area contributed by atoms with Gasteiger partial charge in [-0.1, -0.05) is 24.9 Å². The third-order valence-electron chi connectivity index (χ3n) is 2.22. The standard InChI is InChI=1S/C11H11ClFN3/c1-2-4-8-7-9(13)11(15-10(8)12)16-6-3-5-14-16/h3,5-7H,2,4H2,1H3. The maximum absolute atomic E-state index is 13.7. The van der Waals surface area contributed by atoms with Gasteiger partial charge in [-0.2, -0.15) is 5.10 Å². The molecule has 0 radical (unpaired) electrons. The summed E-state index contributed by atoms with van der Waals surface area (Å²) in [5, 5.41) is 4.26. The van der Waals surface area contributed by atoms with Gasteiger partial charge in [-0.3, -0.25) is 0 Å². The minimum absolute atomic E-state index is 0.134. The molecule has 0 saturated carbocycles. The van der Waals surface area contributed by atoms with Crippen molar-refractivity contribution < 1.29 is 4.39 Å². The second-order valence-electron chi connectivity index (χ2n) is 3.44. The predicted octanol–water partition coefficient (Wildman–Crippen LogP) is 3.01. The van der Waals surface area contributed by atoms with Crippen LogP contribution in [0.4, 0.5) is 4.39 Å². The molecule has 0 saturated heterocycles. The van der Waals surface area contributed by atoms with E-state index >= 15 is 0 Å². The zero-order valence-corrected chi connectivity index (χ0v) is 9.58. The van der Waals surface area contributed by atoms with E-state index in [9.17, 15) is 4.39 Å². The van der Waals surface area contributed by atoms with Gasteiger partial charge in [0.05, 0.1) is 0 Å². The summed E-state index contributed by atoms with van der Waals surface area (Å²) in [6.45, 7) is 2.01. The number of aryl methyl sites for hydroxylation is 1. The van der Waals surface area contributed by atoms with Crippen LogP contribution in [0.1, 0.15) is 18.9 Å². The van der Waals surface area contributed by atoms with Crippen molar-refractivity contribution in [2.45, 2.75) is 19.8 Å². The van der Waals surface area contributed by atoms with E-state index in [2.05, 4.69) is 10.1 Å². The van der Waals surface area contributed by atoms with Crippen LogP contribution in [0.15, 0.2) is 24.5 Å². The van der Waals surface area contributed by atoms with Crippen molar-refractivity contribution in [3.05, 3.63) is 41.1 Å². The van der Waals surface area contributed by atoms with Gasteiger partial charge in [0.25, 0.3) is 0 Å². The minimum atomic E-state index is -0.406. The highest BCUT2D eigenvalue weighted by Crippen LogP contribution is 2.20. The fourth-order valence-electron chi connectivity index (χ4n) is 1.49. The second-order valence-corrected chi connectivity index (χ2v) is 3.80. The average Bonchev–Trinajstić information content (AvgIpc) is 2.76. The molecule has 0 N–H and O–H groups in total. The smallest absolute Gasteiger partial charge is 0.191 e. The lowest BCUT2D eigenvalue weighted by atomic mass is 10.2. The van der Waals surface area contributed by atoms with Crippen LogP contribution < -0.4 is 0 Å². The largest absolute Gasteiger partial charge is 0.220 e. The highest BCUT2D eigenvalue weighted by atomic mass is 35.5. The van der Waals surface area contributed by atoms with Gasteiger partial charge in [0.2, 0.25) is 0 Å². The molecule has 0 fully saturated rings. The maximum Gasteiger partial charge on any atom is 0.191 e. The summed E-state index contributed by atoms with van der Waals surface area (Å²) < 4.78 is 15.1. The topological polar surface area (TPSA) is 30.7 Å². The Balaban J connectivity index is 2.46. The number of nitrogens with zero attached hydrogens (tertiary/aromatic N) is 3. The van der Waals surface area contributed by atoms with Crippen molar-refractivity contribution in [2.75, 3.05) is 0 Å². The molecule has 2 heterocycles. The monoisotopic (exact) mass is 239 g/mol. The van der Waals surface area contributed by atoms with Crippen molar-refractivity contribution >= 4 is 11.6 Å². The summed E-state index contributed by atoms with van der Waals surface area (Å²) in [7, 11) is 0. The molecule has 2 aromatic heterocycles. The molecule has 0 atom stereocenters. The first kappa shape index (κ1) is 11.1. The summed E-state index contributed by atoms with van der Waals surface area (Å²) in [6, 6.07) is 3.13. The Morgan fingerprint density at radius 1 is 1.50 bits per heavy atom. The highest BCUT2D eigenvalue weighted by molar-refractivity contribution is 6.30. The van der Waals surface area contributed by atoms with Gasteiger partial charge in [0.15, 0.2) is 11.6 Å². The molecular formula is C11H11ClFN3. The number of aromatic nitrogens is 3. The second kappa shape index (κ2) is 4.61. The SMILES string of the molecule is CCCc1cc(F)c(-n2cccn2)nc1Cl. The van der Waals surface area contributed by atoms with Crippen molar-refractivity contribution in [1.82, 2.24) is 14.8 Å². The molecule has 0 spiro atoms. The fraction of sp³-hybridized carbons (Fsp3) is 0.273. The van der Waals surface area contributed by atoms with Crippen molar-refractivity contribution in [1.29, 1.82) is 0 Å². The van der Waals surface area contributed by atoms with Crippen molar-refractivity contribution in [3.63, 3.8) is 0 Å². The predicted molar refractivity (Wildman–Crippen MR) is 60.3 cm³/mol. The lowest BCUT2D eigenvalue weighted by Gasteiger charge is -2.06. The lowest BCUT2D eigenvalue weighted by Crippen LogP contribution is -2.04. The number of rotatable bonds is 3. The molecular weight excluding hydrogens is 229 g/mol. The van der Waals surface area contributed by atoms with Crippen LogP contribution in [-0.2, 0) is 6.42 Å². The lowest BCUT2D eigenvalue weighted by molar-refractivity contribution is 0.597. The Bertz CT molecular complexity index is 482. The highest BCUT2D eigenvalue weighted by Gasteiger charge is 2.11. The van der Waals surface area contributed by atoms with Crippen LogP contribution in [0.5, 0.6) is 0 Å². The fourth-order valence-corrected chi connectivity index (χ4v) is 1.72. The molecule has 16 heavy (non-hydrogen) atoms. The van der Waals surface area contributed by atoms with Gasteiger partial charge in [0, 0.05) is 12.4 Å². The molecule has 0 aromatic carbocycles. The third kappa shape index (κ3) is 2.07. The maximum atomic E-state index is 13.7. The number of hydrogen-bond acceptors (Lipinski definition) is 2. The third-order valence-corrected chi connectivity index (χ3v) is 2.55. The van der Waals surface area contributed by atoms with E-state index in [0.29, 0.717) is 5.15 Å². The van der Waals surface area contributed by atoms with Gasteiger partial charge in [-0.25, -0.2) is 14.1 Å². The number of hydrogen-bond donors (Lipinski definition) is 0. The first-order valence-electron chi connectivity index (χ1n) is 5.07. The quantitative estimate of drug-likeness (QED) is 0.771. The zero-order chi connectivity index (χ0) is 11.5. The summed E-state index contributed by atoms with van der Waals surface area (Å²) in [6.07, 6.45) is 4.82. The van der Waals surface area contributed by atoms with Crippen LogP contribution in [0.25, 0.3) is 5.82 Å².